The SMILES string of the molecule is CC(=O)NCc1ccc(CN2CC(O)NS2(O)O)cc1. The lowest BCUT2D eigenvalue weighted by atomic mass is 10.1. The summed E-state index contributed by atoms with van der Waals surface area (Å²) in [6.07, 6.45) is -0.931. The number of β-amino-alcohol motifs (C(OH)–C–C–N with tert-alkyl or cyclic N) is 1. The molecule has 1 fully saturated rings. The third-order valence-corrected chi connectivity index (χ3v) is 4.54. The lowest BCUT2D eigenvalue weighted by Crippen LogP contribution is -2.25. The highest BCUT2D eigenvalue weighted by molar-refractivity contribution is 8.20. The molecular weight excluding hydrogens is 282 g/mol. The summed E-state index contributed by atoms with van der Waals surface area (Å²) in [7, 11) is -3.09. The molecule has 0 bridgehead atoms. The fraction of sp³-hybridized carbons (Fsp3) is 0.417. The zero-order valence-electron chi connectivity index (χ0n) is 11.1. The molecule has 20 heavy (non-hydrogen) atoms. The molecule has 7 nitrogen and oxygen atoms in total. The van der Waals surface area contributed by atoms with Crippen molar-refractivity contribution in [3.05, 3.63) is 35.4 Å². The second kappa shape index (κ2) is 6.08. The van der Waals surface area contributed by atoms with E-state index in [4.69, 9.17) is 0 Å². The van der Waals surface area contributed by atoms with Gasteiger partial charge in [-0.15, -0.1) is 0 Å². The lowest BCUT2D eigenvalue weighted by Gasteiger charge is -2.35. The average molecular weight is 301 g/mol. The second-order valence-corrected chi connectivity index (χ2v) is 6.49. The minimum absolute atomic E-state index is 0.0832. The molecule has 8 heteroatoms. The molecule has 1 aliphatic rings. The van der Waals surface area contributed by atoms with E-state index in [0.717, 1.165) is 11.1 Å². The number of nitrogens with one attached hydrogen (secondary N) is 2. The first kappa shape index (κ1) is 15.2. The van der Waals surface area contributed by atoms with Gasteiger partial charge in [-0.25, -0.2) is 0 Å². The molecule has 0 spiro atoms. The number of benzene rings is 1. The van der Waals surface area contributed by atoms with E-state index < -0.39 is 17.2 Å². The van der Waals surface area contributed by atoms with Gasteiger partial charge in [0.15, 0.2) is 0 Å². The number of aliphatic hydroxyl groups is 1. The van der Waals surface area contributed by atoms with Gasteiger partial charge in [0.2, 0.25) is 5.91 Å². The largest absolute Gasteiger partial charge is 0.376 e. The van der Waals surface area contributed by atoms with Crippen LogP contribution >= 0.6 is 11.0 Å². The van der Waals surface area contributed by atoms with Crippen LogP contribution in [0.3, 0.4) is 0 Å². The van der Waals surface area contributed by atoms with Gasteiger partial charge in [0.1, 0.15) is 6.23 Å². The van der Waals surface area contributed by atoms with Gasteiger partial charge in [0.25, 0.3) is 0 Å². The monoisotopic (exact) mass is 301 g/mol. The quantitative estimate of drug-likeness (QED) is 0.558. The average Bonchev–Trinajstić information content (AvgIpc) is 2.61. The predicted octanol–water partition coefficient (Wildman–Crippen LogP) is 0.627. The molecule has 1 aliphatic heterocycles. The van der Waals surface area contributed by atoms with Crippen LogP contribution in [-0.2, 0) is 17.9 Å². The lowest BCUT2D eigenvalue weighted by molar-refractivity contribution is -0.119. The molecule has 0 aromatic heterocycles. The molecule has 2 rings (SSSR count). The first-order valence-electron chi connectivity index (χ1n) is 6.18. The van der Waals surface area contributed by atoms with Gasteiger partial charge in [-0.05, 0) is 11.1 Å². The molecule has 0 radical (unpaired) electrons. The standard InChI is InChI=1S/C12H19N3O4S/c1-9(16)13-6-10-2-4-11(5-3-10)7-15-8-12(17)14-20(15,18)19/h2-5,12,14,17-19H,6-8H2,1H3,(H,13,16). The first-order chi connectivity index (χ1) is 9.37. The third kappa shape index (κ3) is 3.92. The van der Waals surface area contributed by atoms with Crippen LogP contribution in [0.4, 0.5) is 0 Å². The predicted molar refractivity (Wildman–Crippen MR) is 76.4 cm³/mol. The number of hydrogen-bond acceptors (Lipinski definition) is 6. The Balaban J connectivity index is 1.95. The van der Waals surface area contributed by atoms with Gasteiger partial charge in [0.05, 0.1) is 6.54 Å². The maximum absolute atomic E-state index is 10.8. The number of rotatable bonds is 4. The van der Waals surface area contributed by atoms with Gasteiger partial charge >= 0.3 is 0 Å². The Morgan fingerprint density at radius 3 is 2.50 bits per heavy atom. The summed E-state index contributed by atoms with van der Waals surface area (Å²) in [6.45, 7) is 2.42. The number of carbonyl (C=O) groups is 1. The maximum atomic E-state index is 10.8. The Morgan fingerprint density at radius 2 is 2.00 bits per heavy atom. The normalized spacial score (nSPS) is 23.5. The second-order valence-electron chi connectivity index (χ2n) is 4.70. The summed E-state index contributed by atoms with van der Waals surface area (Å²) in [5, 5.41) is 12.1. The summed E-state index contributed by atoms with van der Waals surface area (Å²) in [5.41, 5.74) is 1.86. The zero-order chi connectivity index (χ0) is 14.8. The zero-order valence-corrected chi connectivity index (χ0v) is 11.9. The molecule has 0 saturated carbocycles. The van der Waals surface area contributed by atoms with Crippen LogP contribution in [0.5, 0.6) is 0 Å². The minimum atomic E-state index is -3.09. The molecule has 1 atom stereocenters. The molecule has 1 amide bonds. The Labute approximate surface area is 119 Å². The van der Waals surface area contributed by atoms with E-state index in [1.807, 2.05) is 24.3 Å². The highest BCUT2D eigenvalue weighted by Gasteiger charge is 2.34. The van der Waals surface area contributed by atoms with Crippen molar-refractivity contribution in [2.75, 3.05) is 6.54 Å². The van der Waals surface area contributed by atoms with Crippen molar-refractivity contribution >= 4 is 16.9 Å². The van der Waals surface area contributed by atoms with Crippen molar-refractivity contribution in [2.24, 2.45) is 0 Å². The smallest absolute Gasteiger partial charge is 0.217 e. The summed E-state index contributed by atoms with van der Waals surface area (Å²) in [4.78, 5) is 10.8. The molecule has 0 aliphatic carbocycles. The van der Waals surface area contributed by atoms with Crippen LogP contribution in [0.1, 0.15) is 18.1 Å². The van der Waals surface area contributed by atoms with E-state index >= 15 is 0 Å². The topological polar surface area (TPSA) is 105 Å². The Hall–Kier alpha value is -1.16. The molecular formula is C12H19N3O4S. The van der Waals surface area contributed by atoms with Crippen LogP contribution in [0.2, 0.25) is 0 Å². The van der Waals surface area contributed by atoms with E-state index in [-0.39, 0.29) is 12.5 Å². The van der Waals surface area contributed by atoms with E-state index in [2.05, 4.69) is 10.0 Å². The number of aliphatic hydroxyl groups excluding tert-OH is 1. The first-order valence-corrected chi connectivity index (χ1v) is 7.68. The highest BCUT2D eigenvalue weighted by atomic mass is 32.3. The molecule has 1 aromatic rings. The molecule has 1 saturated heterocycles. The highest BCUT2D eigenvalue weighted by Crippen LogP contribution is 2.44. The van der Waals surface area contributed by atoms with Crippen LogP contribution in [0, 0.1) is 0 Å². The van der Waals surface area contributed by atoms with Crippen LogP contribution in [-0.4, -0.2) is 37.2 Å². The minimum Gasteiger partial charge on any atom is -0.376 e. The fourth-order valence-corrected chi connectivity index (χ4v) is 3.21. The van der Waals surface area contributed by atoms with Gasteiger partial charge in [0, 0.05) is 20.0 Å². The summed E-state index contributed by atoms with van der Waals surface area (Å²) < 4.78 is 23.2. The van der Waals surface area contributed by atoms with Gasteiger partial charge < -0.3 is 10.4 Å². The van der Waals surface area contributed by atoms with E-state index in [1.165, 1.54) is 11.2 Å². The van der Waals surface area contributed by atoms with E-state index in [9.17, 15) is 19.0 Å². The molecule has 112 valence electrons. The van der Waals surface area contributed by atoms with E-state index in [0.29, 0.717) is 13.1 Å². The van der Waals surface area contributed by atoms with Crippen molar-refractivity contribution in [1.82, 2.24) is 14.3 Å². The fourth-order valence-electron chi connectivity index (χ4n) is 1.94. The number of carbonyl (C=O) groups excluding carboxylic acids is 1. The van der Waals surface area contributed by atoms with Gasteiger partial charge in [-0.2, -0.15) is 9.03 Å². The summed E-state index contributed by atoms with van der Waals surface area (Å²) in [6, 6.07) is 7.46. The Morgan fingerprint density at radius 1 is 1.40 bits per heavy atom. The Bertz CT molecular complexity index is 480. The maximum Gasteiger partial charge on any atom is 0.217 e. The number of nitrogens with zero attached hydrogens (tertiary/aromatic N) is 1. The summed E-state index contributed by atoms with van der Waals surface area (Å²) >= 11 is 0. The van der Waals surface area contributed by atoms with Crippen molar-refractivity contribution in [1.29, 1.82) is 0 Å². The molecule has 1 unspecified atom stereocenters. The number of hydrogen-bond donors (Lipinski definition) is 5. The van der Waals surface area contributed by atoms with Crippen molar-refractivity contribution in [3.8, 4) is 0 Å². The van der Waals surface area contributed by atoms with Crippen LogP contribution < -0.4 is 10.0 Å². The Kier molecular flexibility index (Phi) is 4.63. The molecule has 5 N–H and O–H groups in total. The summed E-state index contributed by atoms with van der Waals surface area (Å²) in [5.74, 6) is -0.0832. The number of amides is 1. The molecule has 1 aromatic carbocycles. The van der Waals surface area contributed by atoms with Crippen molar-refractivity contribution in [3.63, 3.8) is 0 Å². The van der Waals surface area contributed by atoms with E-state index in [1.54, 1.807) is 0 Å². The van der Waals surface area contributed by atoms with Crippen molar-refractivity contribution in [2.45, 2.75) is 26.2 Å². The molecule has 1 heterocycles. The van der Waals surface area contributed by atoms with Gasteiger partial charge in [-0.1, -0.05) is 35.2 Å². The van der Waals surface area contributed by atoms with Gasteiger partial charge in [-0.3, -0.25) is 13.9 Å². The van der Waals surface area contributed by atoms with Crippen LogP contribution in [0.15, 0.2) is 24.3 Å². The third-order valence-electron chi connectivity index (χ3n) is 2.95. The van der Waals surface area contributed by atoms with Crippen LogP contribution in [0.25, 0.3) is 0 Å². The van der Waals surface area contributed by atoms with Crippen molar-refractivity contribution < 1.29 is 19.0 Å².